The first-order chi connectivity index (χ1) is 9.63. The molecule has 0 aromatic carbocycles. The highest BCUT2D eigenvalue weighted by Gasteiger charge is 2.40. The molecule has 0 heterocycles. The molecule has 0 aliphatic heterocycles. The zero-order valence-corrected chi connectivity index (χ0v) is 13.9. The van der Waals surface area contributed by atoms with E-state index in [1.807, 2.05) is 0 Å². The second kappa shape index (κ2) is 8.98. The third-order valence-corrected chi connectivity index (χ3v) is 5.08. The lowest BCUT2D eigenvalue weighted by atomic mass is 9.74. The summed E-state index contributed by atoms with van der Waals surface area (Å²) >= 11 is 0. The Balaban J connectivity index is 2.78. The maximum Gasteiger partial charge on any atom is 0.0615 e. The number of hydrogen-bond acceptors (Lipinski definition) is 4. The molecular weight excluding hydrogens is 252 g/mol. The molecule has 1 atom stereocenters. The van der Waals surface area contributed by atoms with Crippen LogP contribution in [0.3, 0.4) is 0 Å². The third kappa shape index (κ3) is 4.42. The Kier molecular flexibility index (Phi) is 8.03. The molecule has 0 amide bonds. The highest BCUT2D eigenvalue weighted by molar-refractivity contribution is 4.97. The van der Waals surface area contributed by atoms with Crippen LogP contribution in [0.2, 0.25) is 0 Å². The van der Waals surface area contributed by atoms with Crippen molar-refractivity contribution < 1.29 is 9.47 Å². The summed E-state index contributed by atoms with van der Waals surface area (Å²) in [6.07, 6.45) is 6.32. The number of nitrogens with two attached hydrogens (primary N) is 1. The van der Waals surface area contributed by atoms with Crippen molar-refractivity contribution in [2.75, 3.05) is 40.5 Å². The Morgan fingerprint density at radius 1 is 1.25 bits per heavy atom. The van der Waals surface area contributed by atoms with E-state index in [4.69, 9.17) is 15.2 Å². The van der Waals surface area contributed by atoms with Crippen molar-refractivity contribution in [3.8, 4) is 0 Å². The number of methoxy groups -OCH3 is 2. The van der Waals surface area contributed by atoms with Crippen LogP contribution in [0.5, 0.6) is 0 Å². The van der Waals surface area contributed by atoms with Gasteiger partial charge in [-0.25, -0.2) is 0 Å². The fraction of sp³-hybridized carbons (Fsp3) is 1.00. The van der Waals surface area contributed by atoms with E-state index in [9.17, 15) is 0 Å². The molecule has 1 aliphatic rings. The summed E-state index contributed by atoms with van der Waals surface area (Å²) in [5, 5.41) is 0. The van der Waals surface area contributed by atoms with Crippen LogP contribution in [0.1, 0.15) is 46.0 Å². The SMILES string of the molecule is CCC1CCC(CN)(N(CCOC)C(C)COC)CC1. The van der Waals surface area contributed by atoms with Crippen LogP contribution < -0.4 is 5.73 Å². The van der Waals surface area contributed by atoms with Gasteiger partial charge < -0.3 is 15.2 Å². The first-order valence-electron chi connectivity index (χ1n) is 8.08. The van der Waals surface area contributed by atoms with Gasteiger partial charge in [-0.1, -0.05) is 13.3 Å². The van der Waals surface area contributed by atoms with Crippen molar-refractivity contribution in [2.45, 2.75) is 57.5 Å². The van der Waals surface area contributed by atoms with Crippen molar-refractivity contribution in [2.24, 2.45) is 11.7 Å². The molecular formula is C16H34N2O2. The predicted octanol–water partition coefficient (Wildman–Crippen LogP) is 2.27. The first kappa shape index (κ1) is 17.9. The quantitative estimate of drug-likeness (QED) is 0.706. The van der Waals surface area contributed by atoms with E-state index in [1.54, 1.807) is 14.2 Å². The zero-order valence-electron chi connectivity index (χ0n) is 13.9. The van der Waals surface area contributed by atoms with Crippen molar-refractivity contribution in [3.63, 3.8) is 0 Å². The van der Waals surface area contributed by atoms with Gasteiger partial charge in [0.2, 0.25) is 0 Å². The molecule has 0 aromatic rings. The molecule has 0 saturated heterocycles. The van der Waals surface area contributed by atoms with E-state index >= 15 is 0 Å². The minimum absolute atomic E-state index is 0.141. The molecule has 4 heteroatoms. The van der Waals surface area contributed by atoms with Crippen LogP contribution in [0.4, 0.5) is 0 Å². The summed E-state index contributed by atoms with van der Waals surface area (Å²) in [5.74, 6) is 0.886. The van der Waals surface area contributed by atoms with Gasteiger partial charge in [-0.2, -0.15) is 0 Å². The largest absolute Gasteiger partial charge is 0.383 e. The van der Waals surface area contributed by atoms with Gasteiger partial charge in [0.05, 0.1) is 13.2 Å². The van der Waals surface area contributed by atoms with E-state index in [-0.39, 0.29) is 5.54 Å². The average molecular weight is 286 g/mol. The Morgan fingerprint density at radius 2 is 1.90 bits per heavy atom. The third-order valence-electron chi connectivity index (χ3n) is 5.08. The summed E-state index contributed by atoms with van der Waals surface area (Å²) in [4.78, 5) is 2.55. The summed E-state index contributed by atoms with van der Waals surface area (Å²) in [5.41, 5.74) is 6.35. The molecule has 0 radical (unpaired) electrons. The second-order valence-corrected chi connectivity index (χ2v) is 6.27. The minimum atomic E-state index is 0.141. The Hall–Kier alpha value is -0.160. The Labute approximate surface area is 125 Å². The summed E-state index contributed by atoms with van der Waals surface area (Å²) in [6.45, 7) is 7.73. The van der Waals surface area contributed by atoms with Crippen molar-refractivity contribution in [3.05, 3.63) is 0 Å². The summed E-state index contributed by atoms with van der Waals surface area (Å²) < 4.78 is 10.7. The lowest BCUT2D eigenvalue weighted by molar-refractivity contribution is -0.0259. The molecule has 1 aliphatic carbocycles. The number of hydrogen-bond donors (Lipinski definition) is 1. The smallest absolute Gasteiger partial charge is 0.0615 e. The molecule has 2 N–H and O–H groups in total. The van der Waals surface area contributed by atoms with Crippen LogP contribution in [0.15, 0.2) is 0 Å². The maximum atomic E-state index is 6.21. The predicted molar refractivity (Wildman–Crippen MR) is 84.0 cm³/mol. The van der Waals surface area contributed by atoms with Crippen molar-refractivity contribution in [1.82, 2.24) is 4.90 Å². The average Bonchev–Trinajstić information content (AvgIpc) is 2.48. The van der Waals surface area contributed by atoms with Gasteiger partial charge in [0.25, 0.3) is 0 Å². The monoisotopic (exact) mass is 286 g/mol. The van der Waals surface area contributed by atoms with Gasteiger partial charge in [-0.3, -0.25) is 4.90 Å². The van der Waals surface area contributed by atoms with E-state index in [0.717, 1.165) is 32.2 Å². The minimum Gasteiger partial charge on any atom is -0.383 e. The van der Waals surface area contributed by atoms with Crippen LogP contribution in [-0.2, 0) is 9.47 Å². The number of nitrogens with zero attached hydrogens (tertiary/aromatic N) is 1. The second-order valence-electron chi connectivity index (χ2n) is 6.27. The van der Waals surface area contributed by atoms with E-state index in [2.05, 4.69) is 18.7 Å². The van der Waals surface area contributed by atoms with Gasteiger partial charge in [0.1, 0.15) is 0 Å². The topological polar surface area (TPSA) is 47.7 Å². The first-order valence-corrected chi connectivity index (χ1v) is 8.08. The molecule has 0 aromatic heterocycles. The van der Waals surface area contributed by atoms with Crippen LogP contribution in [0.25, 0.3) is 0 Å². The molecule has 20 heavy (non-hydrogen) atoms. The van der Waals surface area contributed by atoms with E-state index in [0.29, 0.717) is 6.04 Å². The molecule has 120 valence electrons. The molecule has 4 nitrogen and oxygen atoms in total. The molecule has 1 fully saturated rings. The van der Waals surface area contributed by atoms with Gasteiger partial charge >= 0.3 is 0 Å². The molecule has 0 bridgehead atoms. The molecule has 1 unspecified atom stereocenters. The van der Waals surface area contributed by atoms with Gasteiger partial charge in [-0.05, 0) is 38.5 Å². The lowest BCUT2D eigenvalue weighted by Crippen LogP contribution is -2.60. The molecule has 1 saturated carbocycles. The highest BCUT2D eigenvalue weighted by atomic mass is 16.5. The van der Waals surface area contributed by atoms with Gasteiger partial charge in [0, 0.05) is 38.9 Å². The number of rotatable bonds is 9. The standard InChI is InChI=1S/C16H34N2O2/c1-5-15-6-8-16(13-17,9-7-15)18(10-11-19-3)14(2)12-20-4/h14-15H,5-13,17H2,1-4H3. The highest BCUT2D eigenvalue weighted by Crippen LogP contribution is 2.38. The van der Waals surface area contributed by atoms with Crippen LogP contribution in [0, 0.1) is 5.92 Å². The lowest BCUT2D eigenvalue weighted by Gasteiger charge is -2.50. The Bertz CT molecular complexity index is 253. The maximum absolute atomic E-state index is 6.21. The molecule has 0 spiro atoms. The summed E-state index contributed by atoms with van der Waals surface area (Å²) in [7, 11) is 3.54. The molecule has 1 rings (SSSR count). The fourth-order valence-corrected chi connectivity index (χ4v) is 3.68. The van der Waals surface area contributed by atoms with Gasteiger partial charge in [-0.15, -0.1) is 0 Å². The number of ether oxygens (including phenoxy) is 2. The Morgan fingerprint density at radius 3 is 2.35 bits per heavy atom. The zero-order chi connectivity index (χ0) is 15.0. The van der Waals surface area contributed by atoms with E-state index < -0.39 is 0 Å². The van der Waals surface area contributed by atoms with Crippen LogP contribution >= 0.6 is 0 Å². The van der Waals surface area contributed by atoms with Gasteiger partial charge in [0.15, 0.2) is 0 Å². The normalized spacial score (nSPS) is 28.8. The van der Waals surface area contributed by atoms with Crippen molar-refractivity contribution in [1.29, 1.82) is 0 Å². The van der Waals surface area contributed by atoms with E-state index in [1.165, 1.54) is 32.1 Å². The fourth-order valence-electron chi connectivity index (χ4n) is 3.68. The van der Waals surface area contributed by atoms with Crippen LogP contribution in [-0.4, -0.2) is 57.0 Å². The summed E-state index contributed by atoms with van der Waals surface area (Å²) in [6, 6.07) is 0.386. The van der Waals surface area contributed by atoms with Crippen molar-refractivity contribution >= 4 is 0 Å².